The number of hydrogen-bond acceptors (Lipinski definition) is 13. The molecule has 4 rings (SSSR count). The summed E-state index contributed by atoms with van der Waals surface area (Å²) in [5.74, 6) is -0.971. The molecule has 0 bridgehead atoms. The van der Waals surface area contributed by atoms with Crippen molar-refractivity contribution in [3.8, 4) is 5.75 Å². The lowest BCUT2D eigenvalue weighted by molar-refractivity contribution is -0.149. The van der Waals surface area contributed by atoms with Crippen LogP contribution in [0.2, 0.25) is 5.02 Å². The number of nitrogens with one attached hydrogen (secondary N) is 2. The van der Waals surface area contributed by atoms with Crippen molar-refractivity contribution in [2.24, 2.45) is 0 Å². The number of rotatable bonds is 10. The van der Waals surface area contributed by atoms with Crippen LogP contribution in [0.5, 0.6) is 5.75 Å². The molecule has 18 heteroatoms. The smallest absolute Gasteiger partial charge is 0.459 e. The zero-order valence-corrected chi connectivity index (χ0v) is 23.5. The first-order valence-corrected chi connectivity index (χ1v) is 14.0. The first-order valence-electron chi connectivity index (χ1n) is 12.0. The molecule has 3 heterocycles. The molecule has 1 aromatic carbocycles. The lowest BCUT2D eigenvalue weighted by atomic mass is 9.92. The number of aliphatic hydroxyl groups is 2. The summed E-state index contributed by atoms with van der Waals surface area (Å²) in [6.45, 7) is 5.41. The molecule has 1 unspecified atom stereocenters. The third-order valence-electron chi connectivity index (χ3n) is 5.85. The van der Waals surface area contributed by atoms with Gasteiger partial charge in [-0.05, 0) is 52.0 Å². The minimum Gasteiger partial charge on any atom is -0.462 e. The normalized spacial score (nSPS) is 25.1. The largest absolute Gasteiger partial charge is 0.462 e. The van der Waals surface area contributed by atoms with E-state index in [1.165, 1.54) is 38.1 Å². The van der Waals surface area contributed by atoms with E-state index in [4.69, 9.17) is 35.9 Å². The minimum atomic E-state index is -4.34. The van der Waals surface area contributed by atoms with Crippen LogP contribution in [0.15, 0.2) is 29.1 Å². The number of fused-ring (bicyclic) bond motifs is 1. The molecule has 1 fully saturated rings. The van der Waals surface area contributed by atoms with Crippen molar-refractivity contribution in [2.45, 2.75) is 63.8 Å². The molecule has 1 aliphatic rings. The zero-order valence-electron chi connectivity index (χ0n) is 21.8. The SMILES string of the molecule is CC(C)OC(=O)[C@H](C)NP(=O)(OC[C@H]1O[C@@H](c2nnc3c(=O)[nH]c(N)nn23)[C@](C)(O)[C@@H]1O)Oc1ccc(Cl)cc1. The molecule has 0 saturated carbocycles. The lowest BCUT2D eigenvalue weighted by Crippen LogP contribution is -2.44. The van der Waals surface area contributed by atoms with Crippen molar-refractivity contribution < 1.29 is 38.1 Å². The van der Waals surface area contributed by atoms with Crippen LogP contribution >= 0.6 is 19.3 Å². The highest BCUT2D eigenvalue weighted by Gasteiger charge is 2.55. The van der Waals surface area contributed by atoms with Gasteiger partial charge in [0.2, 0.25) is 11.6 Å². The summed E-state index contributed by atoms with van der Waals surface area (Å²) in [6, 6.07) is 4.75. The number of aromatic amines is 1. The van der Waals surface area contributed by atoms with E-state index in [1.807, 2.05) is 0 Å². The Kier molecular flexibility index (Phi) is 8.52. The van der Waals surface area contributed by atoms with E-state index < -0.39 is 61.9 Å². The van der Waals surface area contributed by atoms with Gasteiger partial charge in [-0.15, -0.1) is 15.3 Å². The van der Waals surface area contributed by atoms with Crippen LogP contribution in [-0.2, 0) is 23.4 Å². The number of carbonyl (C=O) groups is 1. The molecular weight excluding hydrogens is 573 g/mol. The maximum Gasteiger partial charge on any atom is 0.459 e. The van der Waals surface area contributed by atoms with Gasteiger partial charge in [0.1, 0.15) is 29.6 Å². The lowest BCUT2D eigenvalue weighted by Gasteiger charge is -2.26. The van der Waals surface area contributed by atoms with Crippen LogP contribution in [0.25, 0.3) is 5.65 Å². The zero-order chi connectivity index (χ0) is 29.4. The first kappa shape index (κ1) is 29.9. The Hall–Kier alpha value is -3.11. The highest BCUT2D eigenvalue weighted by molar-refractivity contribution is 7.52. The highest BCUT2D eigenvalue weighted by Crippen LogP contribution is 2.47. The van der Waals surface area contributed by atoms with Crippen molar-refractivity contribution in [2.75, 3.05) is 12.3 Å². The molecule has 2 aromatic heterocycles. The molecule has 0 radical (unpaired) electrons. The summed E-state index contributed by atoms with van der Waals surface area (Å²) >= 11 is 5.91. The van der Waals surface area contributed by atoms with E-state index in [0.717, 1.165) is 4.52 Å². The summed E-state index contributed by atoms with van der Waals surface area (Å²) in [5, 5.41) is 36.5. The molecule has 3 aromatic rings. The fourth-order valence-electron chi connectivity index (χ4n) is 3.89. The molecule has 1 aliphatic heterocycles. The van der Waals surface area contributed by atoms with Crippen molar-refractivity contribution in [3.05, 3.63) is 45.5 Å². The predicted molar refractivity (Wildman–Crippen MR) is 140 cm³/mol. The molecular formula is C22H29ClN7O9P. The summed E-state index contributed by atoms with van der Waals surface area (Å²) in [4.78, 5) is 26.8. The Morgan fingerprint density at radius 1 is 1.32 bits per heavy atom. The van der Waals surface area contributed by atoms with Gasteiger partial charge in [0, 0.05) is 5.02 Å². The van der Waals surface area contributed by atoms with Crippen LogP contribution < -0.4 is 20.9 Å². The molecule has 40 heavy (non-hydrogen) atoms. The van der Waals surface area contributed by atoms with Gasteiger partial charge >= 0.3 is 13.7 Å². The molecule has 6 N–H and O–H groups in total. The quantitative estimate of drug-likeness (QED) is 0.159. The van der Waals surface area contributed by atoms with Gasteiger partial charge in [0.25, 0.3) is 5.56 Å². The second-order valence-electron chi connectivity index (χ2n) is 9.53. The second-order valence-corrected chi connectivity index (χ2v) is 11.7. The van der Waals surface area contributed by atoms with Crippen molar-refractivity contribution >= 4 is 36.9 Å². The van der Waals surface area contributed by atoms with Crippen LogP contribution in [0.3, 0.4) is 0 Å². The number of hydrogen-bond donors (Lipinski definition) is 5. The van der Waals surface area contributed by atoms with Gasteiger partial charge in [0.05, 0.1) is 12.7 Å². The fraction of sp³-hybridized carbons (Fsp3) is 0.500. The molecule has 218 valence electrons. The fourth-order valence-corrected chi connectivity index (χ4v) is 5.52. The van der Waals surface area contributed by atoms with Gasteiger partial charge < -0.3 is 29.9 Å². The maximum absolute atomic E-state index is 13.8. The van der Waals surface area contributed by atoms with Crippen LogP contribution in [0.1, 0.15) is 39.6 Å². The summed E-state index contributed by atoms with van der Waals surface area (Å²) in [6.07, 6.45) is -4.67. The van der Waals surface area contributed by atoms with E-state index in [1.54, 1.807) is 13.8 Å². The summed E-state index contributed by atoms with van der Waals surface area (Å²) in [7, 11) is -4.34. The van der Waals surface area contributed by atoms with Crippen LogP contribution in [-0.4, -0.2) is 77.5 Å². The van der Waals surface area contributed by atoms with Crippen LogP contribution in [0.4, 0.5) is 5.95 Å². The number of nitrogens with two attached hydrogens (primary N) is 1. The molecule has 0 amide bonds. The van der Waals surface area contributed by atoms with Gasteiger partial charge in [-0.1, -0.05) is 11.6 Å². The number of anilines is 1. The van der Waals surface area contributed by atoms with Gasteiger partial charge in [0.15, 0.2) is 11.9 Å². The number of aromatic nitrogens is 5. The highest BCUT2D eigenvalue weighted by atomic mass is 35.5. The number of ether oxygens (including phenoxy) is 2. The van der Waals surface area contributed by atoms with Gasteiger partial charge in [-0.25, -0.2) is 4.57 Å². The number of halogens is 1. The number of benzene rings is 1. The van der Waals surface area contributed by atoms with E-state index in [2.05, 4.69) is 25.4 Å². The molecule has 0 aliphatic carbocycles. The van der Waals surface area contributed by atoms with Gasteiger partial charge in [-0.2, -0.15) is 9.60 Å². The maximum atomic E-state index is 13.8. The average Bonchev–Trinajstić information content (AvgIpc) is 3.37. The molecule has 16 nitrogen and oxygen atoms in total. The topological polar surface area (TPSA) is 226 Å². The number of nitrogens with zero attached hydrogens (tertiary/aromatic N) is 4. The molecule has 1 saturated heterocycles. The number of nitrogen functional groups attached to an aromatic ring is 1. The Morgan fingerprint density at radius 3 is 2.65 bits per heavy atom. The predicted octanol–water partition coefficient (Wildman–Crippen LogP) is 0.733. The van der Waals surface area contributed by atoms with E-state index >= 15 is 0 Å². The number of H-pyrrole nitrogens is 1. The third-order valence-corrected chi connectivity index (χ3v) is 7.75. The Labute approximate surface area is 232 Å². The van der Waals surface area contributed by atoms with E-state index in [9.17, 15) is 24.4 Å². The second kappa shape index (κ2) is 11.4. The van der Waals surface area contributed by atoms with Crippen molar-refractivity contribution in [1.82, 2.24) is 29.9 Å². The van der Waals surface area contributed by atoms with E-state index in [0.29, 0.717) is 5.02 Å². The van der Waals surface area contributed by atoms with Crippen molar-refractivity contribution in [3.63, 3.8) is 0 Å². The van der Waals surface area contributed by atoms with Crippen molar-refractivity contribution in [1.29, 1.82) is 0 Å². The average molecular weight is 602 g/mol. The standard InChI is InChI=1S/C22H29ClN7O9P/c1-10(2)37-20(33)11(3)29-40(35,39-13-7-5-12(23)6-8-13)36-9-14-15(31)22(4,34)16(38-14)17-26-27-18-19(32)25-21(24)28-30(17)18/h5-8,10-11,14-16,31,34H,9H2,1-4H3,(H,29,35)(H3,24,25,28,32)/t11-,14+,15+,16-,22+,40?/m0/s1. The first-order chi connectivity index (χ1) is 18.7. The third kappa shape index (κ3) is 6.28. The minimum absolute atomic E-state index is 0.103. The Bertz CT molecular complexity index is 1480. The number of aliphatic hydroxyl groups excluding tert-OH is 1. The number of esters is 1. The monoisotopic (exact) mass is 601 g/mol. The summed E-state index contributed by atoms with van der Waals surface area (Å²) in [5.41, 5.74) is 2.74. The molecule has 6 atom stereocenters. The molecule has 0 spiro atoms. The van der Waals surface area contributed by atoms with E-state index in [-0.39, 0.29) is 23.2 Å². The summed E-state index contributed by atoms with van der Waals surface area (Å²) < 4.78 is 36.9. The Balaban J connectivity index is 1.56. The van der Waals surface area contributed by atoms with Gasteiger partial charge in [-0.3, -0.25) is 19.1 Å². The van der Waals surface area contributed by atoms with Crippen LogP contribution in [0, 0.1) is 0 Å². The Morgan fingerprint density at radius 2 is 2.00 bits per heavy atom. The number of carbonyl (C=O) groups excluding carboxylic acids is 1.